The molecule has 100 valence electrons. The molecule has 2 rings (SSSR count). The summed E-state index contributed by atoms with van der Waals surface area (Å²) in [5, 5.41) is 0. The molecular weight excluding hydrogens is 228 g/mol. The number of esters is 1. The second-order valence-electron chi connectivity index (χ2n) is 5.87. The maximum absolute atomic E-state index is 11.5. The first-order chi connectivity index (χ1) is 8.49. The van der Waals surface area contributed by atoms with E-state index in [1.54, 1.807) is 6.92 Å². The number of fused-ring (bicyclic) bond motifs is 1. The van der Waals surface area contributed by atoms with Gasteiger partial charge in [-0.25, -0.2) is 4.79 Å². The smallest absolute Gasteiger partial charge is 0.334 e. The summed E-state index contributed by atoms with van der Waals surface area (Å²) in [6.45, 7) is 7.72. The van der Waals surface area contributed by atoms with Gasteiger partial charge in [0.1, 0.15) is 11.9 Å². The summed E-state index contributed by atoms with van der Waals surface area (Å²) in [7, 11) is 0. The van der Waals surface area contributed by atoms with E-state index in [1.807, 2.05) is 0 Å². The molecule has 0 unspecified atom stereocenters. The molecule has 0 N–H and O–H groups in total. The molecule has 1 heterocycles. The number of rotatable bonds is 3. The van der Waals surface area contributed by atoms with Crippen LogP contribution >= 0.6 is 0 Å². The summed E-state index contributed by atoms with van der Waals surface area (Å²) < 4.78 is 5.40. The minimum absolute atomic E-state index is 0.0299. The third kappa shape index (κ3) is 2.65. The third-order valence-corrected chi connectivity index (χ3v) is 4.54. The third-order valence-electron chi connectivity index (χ3n) is 4.54. The Hall–Kier alpha value is -1.12. The normalized spacial score (nSPS) is 35.9. The van der Waals surface area contributed by atoms with Crippen LogP contribution in [-0.4, -0.2) is 17.9 Å². The minimum Gasteiger partial charge on any atom is -0.458 e. The van der Waals surface area contributed by atoms with Crippen molar-refractivity contribution in [2.75, 3.05) is 0 Å². The van der Waals surface area contributed by atoms with E-state index in [1.165, 1.54) is 0 Å². The lowest BCUT2D eigenvalue weighted by molar-refractivity contribution is -0.139. The van der Waals surface area contributed by atoms with Crippen LogP contribution in [-0.2, 0) is 14.3 Å². The predicted molar refractivity (Wildman–Crippen MR) is 68.9 cm³/mol. The number of hydrogen-bond donors (Lipinski definition) is 0. The van der Waals surface area contributed by atoms with Crippen LogP contribution in [0.3, 0.4) is 0 Å². The highest BCUT2D eigenvalue weighted by Crippen LogP contribution is 2.41. The molecule has 1 aliphatic heterocycles. The van der Waals surface area contributed by atoms with E-state index in [9.17, 15) is 9.59 Å². The average Bonchev–Trinajstić information content (AvgIpc) is 2.46. The fraction of sp³-hybridized carbons (Fsp3) is 0.733. The Bertz CT molecular complexity index is 372. The molecule has 0 radical (unpaired) electrons. The molecular formula is C15H22O3. The van der Waals surface area contributed by atoms with Gasteiger partial charge in [-0.2, -0.15) is 0 Å². The van der Waals surface area contributed by atoms with Crippen LogP contribution in [0.25, 0.3) is 0 Å². The van der Waals surface area contributed by atoms with Crippen LogP contribution in [0.15, 0.2) is 12.2 Å². The van der Waals surface area contributed by atoms with Crippen LogP contribution in [0, 0.1) is 17.8 Å². The summed E-state index contributed by atoms with van der Waals surface area (Å²) in [5.41, 5.74) is 0.652. The maximum Gasteiger partial charge on any atom is 0.334 e. The van der Waals surface area contributed by atoms with Crippen LogP contribution in [0.1, 0.15) is 46.0 Å². The second kappa shape index (κ2) is 5.25. The molecule has 0 amide bonds. The molecule has 1 saturated heterocycles. The number of Topliss-reactive ketones (excluding diaryl/α,β-unsaturated/α-hetero) is 1. The van der Waals surface area contributed by atoms with Crippen molar-refractivity contribution in [3.8, 4) is 0 Å². The summed E-state index contributed by atoms with van der Waals surface area (Å²) >= 11 is 0. The lowest BCUT2D eigenvalue weighted by Crippen LogP contribution is -2.18. The Labute approximate surface area is 109 Å². The Kier molecular flexibility index (Phi) is 3.88. The molecule has 0 aromatic heterocycles. The fourth-order valence-electron chi connectivity index (χ4n) is 3.30. The summed E-state index contributed by atoms with van der Waals surface area (Å²) in [4.78, 5) is 22.6. The van der Waals surface area contributed by atoms with Crippen molar-refractivity contribution < 1.29 is 14.3 Å². The van der Waals surface area contributed by atoms with Gasteiger partial charge in [-0.15, -0.1) is 0 Å². The van der Waals surface area contributed by atoms with Crippen molar-refractivity contribution in [3.05, 3.63) is 12.2 Å². The Morgan fingerprint density at radius 1 is 1.44 bits per heavy atom. The molecule has 1 aliphatic carbocycles. The van der Waals surface area contributed by atoms with Gasteiger partial charge in [0, 0.05) is 17.9 Å². The first-order valence-corrected chi connectivity index (χ1v) is 6.88. The van der Waals surface area contributed by atoms with E-state index < -0.39 is 0 Å². The van der Waals surface area contributed by atoms with Crippen molar-refractivity contribution in [2.45, 2.75) is 52.1 Å². The molecule has 2 aliphatic rings. The lowest BCUT2D eigenvalue weighted by atomic mass is 9.85. The van der Waals surface area contributed by atoms with Gasteiger partial charge in [0.2, 0.25) is 0 Å². The molecule has 2 fully saturated rings. The van der Waals surface area contributed by atoms with E-state index in [0.717, 1.165) is 25.7 Å². The molecule has 0 spiro atoms. The molecule has 1 saturated carbocycles. The highest BCUT2D eigenvalue weighted by Gasteiger charge is 2.42. The first kappa shape index (κ1) is 13.3. The molecule has 4 atom stereocenters. The Morgan fingerprint density at radius 3 is 2.83 bits per heavy atom. The molecule has 3 nitrogen and oxygen atoms in total. The van der Waals surface area contributed by atoms with E-state index in [-0.39, 0.29) is 23.8 Å². The van der Waals surface area contributed by atoms with Crippen molar-refractivity contribution in [2.24, 2.45) is 17.8 Å². The van der Waals surface area contributed by atoms with E-state index in [4.69, 9.17) is 4.74 Å². The van der Waals surface area contributed by atoms with Crippen LogP contribution in [0.4, 0.5) is 0 Å². The lowest BCUT2D eigenvalue weighted by Gasteiger charge is -2.22. The molecule has 0 bridgehead atoms. The molecule has 0 aromatic carbocycles. The van der Waals surface area contributed by atoms with Gasteiger partial charge in [0.25, 0.3) is 0 Å². The van der Waals surface area contributed by atoms with E-state index >= 15 is 0 Å². The van der Waals surface area contributed by atoms with Gasteiger partial charge in [-0.1, -0.05) is 13.5 Å². The van der Waals surface area contributed by atoms with Crippen LogP contribution in [0.5, 0.6) is 0 Å². The number of ether oxygens (including phenoxy) is 1. The topological polar surface area (TPSA) is 43.4 Å². The zero-order valence-corrected chi connectivity index (χ0v) is 11.3. The monoisotopic (exact) mass is 250 g/mol. The Balaban J connectivity index is 1.99. The number of carbonyl (C=O) groups is 2. The van der Waals surface area contributed by atoms with Gasteiger partial charge in [0.05, 0.1) is 0 Å². The largest absolute Gasteiger partial charge is 0.458 e. The van der Waals surface area contributed by atoms with Crippen molar-refractivity contribution >= 4 is 11.8 Å². The summed E-state index contributed by atoms with van der Waals surface area (Å²) in [6, 6.07) is 0. The second-order valence-corrected chi connectivity index (χ2v) is 5.87. The van der Waals surface area contributed by atoms with Gasteiger partial charge in [-0.3, -0.25) is 0 Å². The SMILES string of the molecule is C=C1C(=O)O[C@@H]2C[C@H](C)[C@@H](CCC(C)=O)CC[C@H]12. The van der Waals surface area contributed by atoms with Crippen molar-refractivity contribution in [1.82, 2.24) is 0 Å². The van der Waals surface area contributed by atoms with Crippen molar-refractivity contribution in [3.63, 3.8) is 0 Å². The summed E-state index contributed by atoms with van der Waals surface area (Å²) in [6.07, 6.45) is 4.63. The van der Waals surface area contributed by atoms with Crippen molar-refractivity contribution in [1.29, 1.82) is 0 Å². The van der Waals surface area contributed by atoms with Gasteiger partial charge < -0.3 is 9.53 Å². The van der Waals surface area contributed by atoms with E-state index in [2.05, 4.69) is 13.5 Å². The number of hydrogen-bond acceptors (Lipinski definition) is 3. The van der Waals surface area contributed by atoms with Crippen LogP contribution in [0.2, 0.25) is 0 Å². The minimum atomic E-state index is -0.209. The van der Waals surface area contributed by atoms with E-state index in [0.29, 0.717) is 23.8 Å². The average molecular weight is 250 g/mol. The standard InChI is InChI=1S/C15H22O3/c1-9-8-14-13(11(3)15(17)18-14)7-6-12(9)5-4-10(2)16/h9,12-14H,3-8H2,1-2H3/t9-,12-,13+,14+/m0/s1. The highest BCUT2D eigenvalue weighted by molar-refractivity contribution is 5.90. The quantitative estimate of drug-likeness (QED) is 0.571. The Morgan fingerprint density at radius 2 is 2.17 bits per heavy atom. The zero-order valence-electron chi connectivity index (χ0n) is 11.3. The summed E-state index contributed by atoms with van der Waals surface area (Å²) in [5.74, 6) is 1.35. The zero-order chi connectivity index (χ0) is 13.3. The van der Waals surface area contributed by atoms with Gasteiger partial charge in [-0.05, 0) is 44.4 Å². The first-order valence-electron chi connectivity index (χ1n) is 6.88. The molecule has 3 heteroatoms. The number of ketones is 1. The highest BCUT2D eigenvalue weighted by atomic mass is 16.6. The number of carbonyl (C=O) groups excluding carboxylic acids is 2. The molecule has 18 heavy (non-hydrogen) atoms. The maximum atomic E-state index is 11.5. The molecule has 0 aromatic rings. The fourth-order valence-corrected chi connectivity index (χ4v) is 3.30. The van der Waals surface area contributed by atoms with Crippen LogP contribution < -0.4 is 0 Å². The van der Waals surface area contributed by atoms with Gasteiger partial charge in [0.15, 0.2) is 0 Å². The van der Waals surface area contributed by atoms with Gasteiger partial charge >= 0.3 is 5.97 Å². The predicted octanol–water partition coefficient (Wildman–Crippen LogP) is 2.89.